The number of halogens is 1. The second-order valence-corrected chi connectivity index (χ2v) is 5.38. The average Bonchev–Trinajstić information content (AvgIpc) is 2.40. The zero-order valence-corrected chi connectivity index (χ0v) is 13.1. The van der Waals surface area contributed by atoms with Crippen LogP contribution in [0.5, 0.6) is 0 Å². The Kier molecular flexibility index (Phi) is 7.41. The molecule has 1 amide bonds. The van der Waals surface area contributed by atoms with Crippen molar-refractivity contribution in [1.29, 1.82) is 0 Å². The van der Waals surface area contributed by atoms with E-state index < -0.39 is 0 Å². The first-order valence-electron chi connectivity index (χ1n) is 6.94. The highest BCUT2D eigenvalue weighted by Crippen LogP contribution is 2.20. The second-order valence-electron chi connectivity index (χ2n) is 4.94. The number of rotatable bonds is 8. The molecule has 4 nitrogen and oxygen atoms in total. The molecule has 0 aliphatic rings. The van der Waals surface area contributed by atoms with Crippen LogP contribution in [0.2, 0.25) is 5.02 Å². The number of amides is 1. The summed E-state index contributed by atoms with van der Waals surface area (Å²) in [4.78, 5) is 12.1. The fraction of sp³-hybridized carbons (Fsp3) is 0.533. The van der Waals surface area contributed by atoms with Crippen LogP contribution in [-0.2, 0) is 4.74 Å². The van der Waals surface area contributed by atoms with Crippen molar-refractivity contribution in [2.45, 2.75) is 20.8 Å². The molecule has 1 aromatic rings. The van der Waals surface area contributed by atoms with Gasteiger partial charge in [-0.2, -0.15) is 0 Å². The average molecular weight is 299 g/mol. The van der Waals surface area contributed by atoms with Crippen molar-refractivity contribution >= 4 is 23.2 Å². The van der Waals surface area contributed by atoms with E-state index in [1.807, 2.05) is 13.0 Å². The highest BCUT2D eigenvalue weighted by atomic mass is 35.5. The molecule has 0 fully saturated rings. The van der Waals surface area contributed by atoms with Crippen molar-refractivity contribution in [3.63, 3.8) is 0 Å². The summed E-state index contributed by atoms with van der Waals surface area (Å²) >= 11 is 5.95. The molecule has 20 heavy (non-hydrogen) atoms. The van der Waals surface area contributed by atoms with Gasteiger partial charge >= 0.3 is 0 Å². The number of carbonyl (C=O) groups is 1. The molecule has 0 aliphatic heterocycles. The van der Waals surface area contributed by atoms with Gasteiger partial charge in [-0.1, -0.05) is 25.4 Å². The molecule has 0 unspecified atom stereocenters. The summed E-state index contributed by atoms with van der Waals surface area (Å²) in [5.74, 6) is 0.357. The van der Waals surface area contributed by atoms with Crippen molar-refractivity contribution in [2.75, 3.05) is 31.6 Å². The fourth-order valence-electron chi connectivity index (χ4n) is 1.70. The Morgan fingerprint density at radius 2 is 2.15 bits per heavy atom. The van der Waals surface area contributed by atoms with Gasteiger partial charge in [0.1, 0.15) is 0 Å². The third-order valence-electron chi connectivity index (χ3n) is 2.58. The summed E-state index contributed by atoms with van der Waals surface area (Å²) in [5, 5.41) is 6.54. The van der Waals surface area contributed by atoms with Gasteiger partial charge in [0.05, 0.1) is 12.2 Å². The second kappa shape index (κ2) is 8.82. The first kappa shape index (κ1) is 16.8. The number of hydrogen-bond acceptors (Lipinski definition) is 3. The molecule has 1 aromatic carbocycles. The normalized spacial score (nSPS) is 10.7. The van der Waals surface area contributed by atoms with Gasteiger partial charge in [-0.15, -0.1) is 0 Å². The lowest BCUT2D eigenvalue weighted by Crippen LogP contribution is -2.28. The summed E-state index contributed by atoms with van der Waals surface area (Å²) in [6, 6.07) is 5.25. The van der Waals surface area contributed by atoms with E-state index >= 15 is 0 Å². The summed E-state index contributed by atoms with van der Waals surface area (Å²) < 4.78 is 5.43. The zero-order valence-electron chi connectivity index (χ0n) is 12.3. The summed E-state index contributed by atoms with van der Waals surface area (Å²) in [6.45, 7) is 8.62. The molecule has 1 rings (SSSR count). The zero-order chi connectivity index (χ0) is 15.0. The van der Waals surface area contributed by atoms with Crippen molar-refractivity contribution in [2.24, 2.45) is 5.92 Å². The molecule has 0 heterocycles. The number of carbonyl (C=O) groups excluding carboxylic acids is 1. The molecule has 0 saturated carbocycles. The van der Waals surface area contributed by atoms with Gasteiger partial charge in [-0.25, -0.2) is 0 Å². The van der Waals surface area contributed by atoms with Gasteiger partial charge < -0.3 is 15.4 Å². The highest BCUT2D eigenvalue weighted by molar-refractivity contribution is 6.31. The third-order valence-corrected chi connectivity index (χ3v) is 2.81. The number of benzene rings is 1. The van der Waals surface area contributed by atoms with Crippen molar-refractivity contribution in [3.05, 3.63) is 28.8 Å². The molecule has 0 aromatic heterocycles. The van der Waals surface area contributed by atoms with Gasteiger partial charge in [0, 0.05) is 30.4 Å². The van der Waals surface area contributed by atoms with Crippen LogP contribution in [-0.4, -0.2) is 32.2 Å². The number of ether oxygens (including phenoxy) is 1. The van der Waals surface area contributed by atoms with E-state index in [9.17, 15) is 4.79 Å². The monoisotopic (exact) mass is 298 g/mol. The first-order chi connectivity index (χ1) is 9.54. The lowest BCUT2D eigenvalue weighted by atomic mass is 10.1. The first-order valence-corrected chi connectivity index (χ1v) is 7.31. The number of anilines is 1. The van der Waals surface area contributed by atoms with Crippen LogP contribution in [0.4, 0.5) is 5.69 Å². The Balaban J connectivity index is 2.52. The maximum atomic E-state index is 12.1. The van der Waals surface area contributed by atoms with Gasteiger partial charge in [0.25, 0.3) is 5.91 Å². The predicted molar refractivity (Wildman–Crippen MR) is 83.6 cm³/mol. The van der Waals surface area contributed by atoms with E-state index in [0.717, 1.165) is 12.2 Å². The lowest BCUT2D eigenvalue weighted by Gasteiger charge is -2.12. The summed E-state index contributed by atoms with van der Waals surface area (Å²) in [7, 11) is 0. The fourth-order valence-corrected chi connectivity index (χ4v) is 1.87. The number of nitrogens with one attached hydrogen (secondary N) is 2. The van der Waals surface area contributed by atoms with Crippen molar-refractivity contribution < 1.29 is 9.53 Å². The predicted octanol–water partition coefficient (Wildman–Crippen LogP) is 3.17. The van der Waals surface area contributed by atoms with Gasteiger partial charge in [-0.05, 0) is 31.0 Å². The Morgan fingerprint density at radius 1 is 1.40 bits per heavy atom. The van der Waals surface area contributed by atoms with Gasteiger partial charge in [0.2, 0.25) is 0 Å². The Morgan fingerprint density at radius 3 is 2.80 bits per heavy atom. The van der Waals surface area contributed by atoms with Crippen molar-refractivity contribution in [3.8, 4) is 0 Å². The largest absolute Gasteiger partial charge is 0.385 e. The Hall–Kier alpha value is -1.26. The minimum Gasteiger partial charge on any atom is -0.385 e. The third kappa shape index (κ3) is 5.80. The quantitative estimate of drug-likeness (QED) is 0.725. The number of hydrogen-bond donors (Lipinski definition) is 2. The summed E-state index contributed by atoms with van der Waals surface area (Å²) in [6.07, 6.45) is 0. The van der Waals surface area contributed by atoms with E-state index in [-0.39, 0.29) is 5.91 Å². The van der Waals surface area contributed by atoms with Crippen LogP contribution >= 0.6 is 11.6 Å². The van der Waals surface area contributed by atoms with E-state index in [0.29, 0.717) is 36.3 Å². The molecule has 5 heteroatoms. The molecule has 0 spiro atoms. The molecule has 0 bridgehead atoms. The van der Waals surface area contributed by atoms with E-state index in [4.69, 9.17) is 16.3 Å². The van der Waals surface area contributed by atoms with Crippen LogP contribution in [0.3, 0.4) is 0 Å². The van der Waals surface area contributed by atoms with Crippen LogP contribution < -0.4 is 10.6 Å². The maximum Gasteiger partial charge on any atom is 0.253 e. The van der Waals surface area contributed by atoms with Crippen LogP contribution in [0.25, 0.3) is 0 Å². The molecule has 0 saturated heterocycles. The Bertz CT molecular complexity index is 436. The van der Waals surface area contributed by atoms with Crippen LogP contribution in [0.1, 0.15) is 31.1 Å². The molecule has 112 valence electrons. The lowest BCUT2D eigenvalue weighted by molar-refractivity contribution is 0.0887. The highest BCUT2D eigenvalue weighted by Gasteiger charge is 2.11. The van der Waals surface area contributed by atoms with E-state index in [1.54, 1.807) is 12.1 Å². The minimum absolute atomic E-state index is 0.142. The van der Waals surface area contributed by atoms with E-state index in [1.165, 1.54) is 0 Å². The minimum atomic E-state index is -0.142. The molecule has 0 radical (unpaired) electrons. The molecular weight excluding hydrogens is 276 g/mol. The standard InChI is InChI=1S/C15H23ClN2O2/c1-4-17-14-6-5-12(16)9-13(14)15(19)18-7-8-20-10-11(2)3/h5-6,9,11,17H,4,7-8,10H2,1-3H3,(H,18,19). The van der Waals surface area contributed by atoms with Crippen LogP contribution in [0, 0.1) is 5.92 Å². The SMILES string of the molecule is CCNc1ccc(Cl)cc1C(=O)NCCOCC(C)C. The molecular formula is C15H23ClN2O2. The van der Waals surface area contributed by atoms with Gasteiger partial charge in [-0.3, -0.25) is 4.79 Å². The smallest absolute Gasteiger partial charge is 0.253 e. The topological polar surface area (TPSA) is 50.4 Å². The Labute approximate surface area is 125 Å². The maximum absolute atomic E-state index is 12.1. The van der Waals surface area contributed by atoms with Crippen LogP contribution in [0.15, 0.2) is 18.2 Å². The molecule has 0 aliphatic carbocycles. The molecule has 2 N–H and O–H groups in total. The van der Waals surface area contributed by atoms with E-state index in [2.05, 4.69) is 24.5 Å². The molecule has 0 atom stereocenters. The summed E-state index contributed by atoms with van der Waals surface area (Å²) in [5.41, 5.74) is 1.35. The van der Waals surface area contributed by atoms with Crippen molar-refractivity contribution in [1.82, 2.24) is 5.32 Å². The van der Waals surface area contributed by atoms with Gasteiger partial charge in [0.15, 0.2) is 0 Å².